The van der Waals surface area contributed by atoms with Gasteiger partial charge in [0.25, 0.3) is 0 Å². The van der Waals surface area contributed by atoms with Crippen LogP contribution in [0.1, 0.15) is 52.9 Å². The Bertz CT molecular complexity index is 393. The van der Waals surface area contributed by atoms with Gasteiger partial charge in [-0.15, -0.1) is 0 Å². The van der Waals surface area contributed by atoms with Gasteiger partial charge in [-0.1, -0.05) is 24.2 Å². The molecule has 0 bridgehead atoms. The van der Waals surface area contributed by atoms with Crippen molar-refractivity contribution < 1.29 is 14.5 Å². The highest BCUT2D eigenvalue weighted by atomic mass is 16.7. The molecule has 0 aromatic carbocycles. The zero-order valence-corrected chi connectivity index (χ0v) is 11.2. The van der Waals surface area contributed by atoms with Crippen LogP contribution in [0.3, 0.4) is 0 Å². The lowest BCUT2D eigenvalue weighted by Crippen LogP contribution is -2.36. The number of carbonyl (C=O) groups excluding carboxylic acids is 1. The van der Waals surface area contributed by atoms with E-state index in [9.17, 15) is 4.79 Å². The van der Waals surface area contributed by atoms with Crippen LogP contribution in [0.5, 0.6) is 0 Å². The summed E-state index contributed by atoms with van der Waals surface area (Å²) in [6.07, 6.45) is 4.60. The first-order valence-corrected chi connectivity index (χ1v) is 6.53. The number of carbonyl (C=O) groups is 1. The molecule has 18 heavy (non-hydrogen) atoms. The summed E-state index contributed by atoms with van der Waals surface area (Å²) in [6.45, 7) is 5.75. The molecule has 5 nitrogen and oxygen atoms in total. The highest BCUT2D eigenvalue weighted by Gasteiger charge is 2.44. The molecule has 0 aromatic rings. The smallest absolute Gasteiger partial charge is 0.377 e. The Kier molecular flexibility index (Phi) is 3.68. The monoisotopic (exact) mass is 252 g/mol. The predicted octanol–water partition coefficient (Wildman–Crippen LogP) is 2.65. The Balaban J connectivity index is 1.92. The van der Waals surface area contributed by atoms with Crippen molar-refractivity contribution in [1.29, 1.82) is 0 Å². The number of oxime groups is 2. The zero-order chi connectivity index (χ0) is 13.2. The van der Waals surface area contributed by atoms with Gasteiger partial charge in [0.2, 0.25) is 5.60 Å². The van der Waals surface area contributed by atoms with E-state index < -0.39 is 11.6 Å². The molecule has 1 aliphatic heterocycles. The Hall–Kier alpha value is -1.39. The first-order chi connectivity index (χ1) is 8.51. The maximum atomic E-state index is 12.0. The van der Waals surface area contributed by atoms with Crippen LogP contribution in [0.4, 0.5) is 0 Å². The fourth-order valence-corrected chi connectivity index (χ4v) is 2.07. The summed E-state index contributed by atoms with van der Waals surface area (Å²) in [6, 6.07) is 0. The maximum Gasteiger partial charge on any atom is 0.381 e. The van der Waals surface area contributed by atoms with E-state index in [2.05, 4.69) is 10.3 Å². The normalized spacial score (nSPS) is 27.1. The minimum absolute atomic E-state index is 0.278. The number of hydrogen-bond acceptors (Lipinski definition) is 5. The van der Waals surface area contributed by atoms with Crippen LogP contribution in [-0.2, 0) is 14.5 Å². The van der Waals surface area contributed by atoms with Gasteiger partial charge in [-0.05, 0) is 38.5 Å². The van der Waals surface area contributed by atoms with Crippen molar-refractivity contribution in [2.24, 2.45) is 16.2 Å². The summed E-state index contributed by atoms with van der Waals surface area (Å²) in [5.41, 5.74) is 0.848. The van der Waals surface area contributed by atoms with Gasteiger partial charge in [-0.25, -0.2) is 4.79 Å². The molecule has 1 fully saturated rings. The van der Waals surface area contributed by atoms with Crippen molar-refractivity contribution in [2.75, 3.05) is 0 Å². The molecule has 1 unspecified atom stereocenters. The molecule has 100 valence electrons. The van der Waals surface area contributed by atoms with Crippen molar-refractivity contribution in [3.63, 3.8) is 0 Å². The lowest BCUT2D eigenvalue weighted by molar-refractivity contribution is -0.167. The molecule has 1 atom stereocenters. The summed E-state index contributed by atoms with van der Waals surface area (Å²) < 4.78 is 0. The minimum atomic E-state index is -1.01. The lowest BCUT2D eigenvalue weighted by atomic mass is 9.94. The Morgan fingerprint density at radius 2 is 2.11 bits per heavy atom. The van der Waals surface area contributed by atoms with Crippen molar-refractivity contribution in [3.8, 4) is 0 Å². The molecule has 5 heteroatoms. The van der Waals surface area contributed by atoms with E-state index in [-0.39, 0.29) is 5.92 Å². The first kappa shape index (κ1) is 13.1. The molecule has 2 rings (SSSR count). The van der Waals surface area contributed by atoms with Crippen LogP contribution in [0.25, 0.3) is 0 Å². The lowest BCUT2D eigenvalue weighted by Gasteiger charge is -2.17. The van der Waals surface area contributed by atoms with Crippen LogP contribution in [-0.4, -0.2) is 23.0 Å². The van der Waals surface area contributed by atoms with Crippen molar-refractivity contribution >= 4 is 17.4 Å². The van der Waals surface area contributed by atoms with Crippen molar-refractivity contribution in [2.45, 2.75) is 58.5 Å². The van der Waals surface area contributed by atoms with Crippen LogP contribution in [0.15, 0.2) is 10.3 Å². The van der Waals surface area contributed by atoms with Crippen molar-refractivity contribution in [3.05, 3.63) is 0 Å². The fourth-order valence-electron chi connectivity index (χ4n) is 2.07. The zero-order valence-electron chi connectivity index (χ0n) is 11.2. The summed E-state index contributed by atoms with van der Waals surface area (Å²) in [4.78, 5) is 22.2. The standard InChI is InChI=1S/C13H20N2O3/c1-9(2)11-8-13(3,18-15-11)12(16)17-14-10-6-4-5-7-10/h9H,4-8H2,1-3H3. The molecule has 1 saturated carbocycles. The molecule has 1 aliphatic carbocycles. The van der Waals surface area contributed by atoms with Gasteiger partial charge in [0.05, 0.1) is 11.4 Å². The SMILES string of the molecule is CC(C)C1=NOC(C)(C(=O)ON=C2CCCC2)C1. The van der Waals surface area contributed by atoms with Crippen molar-refractivity contribution in [1.82, 2.24) is 0 Å². The van der Waals surface area contributed by atoms with Gasteiger partial charge in [-0.2, -0.15) is 0 Å². The Morgan fingerprint density at radius 1 is 1.44 bits per heavy atom. The van der Waals surface area contributed by atoms with Gasteiger partial charge >= 0.3 is 5.97 Å². The van der Waals surface area contributed by atoms with Gasteiger partial charge < -0.3 is 9.68 Å². The molecule has 0 N–H and O–H groups in total. The van der Waals surface area contributed by atoms with E-state index in [4.69, 9.17) is 9.68 Å². The van der Waals surface area contributed by atoms with E-state index >= 15 is 0 Å². The molecule has 1 heterocycles. The van der Waals surface area contributed by atoms with Crippen LogP contribution >= 0.6 is 0 Å². The summed E-state index contributed by atoms with van der Waals surface area (Å²) in [5, 5.41) is 7.88. The minimum Gasteiger partial charge on any atom is -0.377 e. The molecule has 0 saturated heterocycles. The van der Waals surface area contributed by atoms with E-state index in [0.717, 1.165) is 37.1 Å². The largest absolute Gasteiger partial charge is 0.381 e. The summed E-state index contributed by atoms with van der Waals surface area (Å²) in [7, 11) is 0. The quantitative estimate of drug-likeness (QED) is 0.573. The summed E-state index contributed by atoms with van der Waals surface area (Å²) >= 11 is 0. The van der Waals surface area contributed by atoms with Gasteiger partial charge in [0.15, 0.2) is 0 Å². The van der Waals surface area contributed by atoms with Crippen LogP contribution in [0.2, 0.25) is 0 Å². The maximum absolute atomic E-state index is 12.0. The molecule has 2 aliphatic rings. The molecule has 0 spiro atoms. The predicted molar refractivity (Wildman–Crippen MR) is 68.4 cm³/mol. The third-order valence-electron chi connectivity index (χ3n) is 3.42. The Morgan fingerprint density at radius 3 is 2.67 bits per heavy atom. The Labute approximate surface area is 107 Å². The third kappa shape index (κ3) is 2.71. The first-order valence-electron chi connectivity index (χ1n) is 6.53. The second kappa shape index (κ2) is 5.08. The van der Waals surface area contributed by atoms with E-state index in [1.165, 1.54) is 0 Å². The van der Waals surface area contributed by atoms with E-state index in [1.54, 1.807) is 6.92 Å². The molecule has 0 amide bonds. The summed E-state index contributed by atoms with van der Waals surface area (Å²) in [5.74, 6) is -0.179. The molecular weight excluding hydrogens is 232 g/mol. The number of hydrogen-bond donors (Lipinski definition) is 0. The van der Waals surface area contributed by atoms with Gasteiger partial charge in [0.1, 0.15) is 0 Å². The average molecular weight is 252 g/mol. The fraction of sp³-hybridized carbons (Fsp3) is 0.769. The number of rotatable bonds is 3. The molecule has 0 aromatic heterocycles. The van der Waals surface area contributed by atoms with Gasteiger partial charge in [-0.3, -0.25) is 0 Å². The van der Waals surface area contributed by atoms with Crippen LogP contribution in [0, 0.1) is 5.92 Å². The van der Waals surface area contributed by atoms with Crippen LogP contribution < -0.4 is 0 Å². The second-order valence-corrected chi connectivity index (χ2v) is 5.48. The van der Waals surface area contributed by atoms with Gasteiger partial charge in [0, 0.05) is 6.42 Å². The van der Waals surface area contributed by atoms with E-state index in [0.29, 0.717) is 6.42 Å². The molecule has 0 radical (unpaired) electrons. The second-order valence-electron chi connectivity index (χ2n) is 5.48. The third-order valence-corrected chi connectivity index (χ3v) is 3.42. The highest BCUT2D eigenvalue weighted by molar-refractivity contribution is 5.94. The van der Waals surface area contributed by atoms with E-state index in [1.807, 2.05) is 13.8 Å². The molecular formula is C13H20N2O3. The highest BCUT2D eigenvalue weighted by Crippen LogP contribution is 2.28. The number of nitrogens with zero attached hydrogens (tertiary/aromatic N) is 2. The topological polar surface area (TPSA) is 60.2 Å². The average Bonchev–Trinajstić information content (AvgIpc) is 2.95.